The summed E-state index contributed by atoms with van der Waals surface area (Å²) < 4.78 is 5.27. The van der Waals surface area contributed by atoms with E-state index in [1.54, 1.807) is 7.11 Å². The molecule has 0 aromatic heterocycles. The average Bonchev–Trinajstić information content (AvgIpc) is 2.79. The molecule has 4 heteroatoms. The summed E-state index contributed by atoms with van der Waals surface area (Å²) in [4.78, 5) is 15.1. The van der Waals surface area contributed by atoms with E-state index in [1.807, 2.05) is 18.2 Å². The number of benzene rings is 2. The molecule has 160 valence electrons. The molecule has 4 rings (SSSR count). The maximum atomic E-state index is 13.0. The molecule has 1 aliphatic carbocycles. The van der Waals surface area contributed by atoms with Gasteiger partial charge in [-0.1, -0.05) is 42.5 Å². The maximum Gasteiger partial charge on any atom is 0.228 e. The molecule has 0 bridgehead atoms. The maximum absolute atomic E-state index is 13.0. The van der Waals surface area contributed by atoms with Crippen molar-refractivity contribution in [2.75, 3.05) is 20.3 Å². The Hall–Kier alpha value is -2.33. The first-order valence-electron chi connectivity index (χ1n) is 11.3. The first-order chi connectivity index (χ1) is 14.7. The van der Waals surface area contributed by atoms with Crippen LogP contribution in [0.5, 0.6) is 5.75 Å². The van der Waals surface area contributed by atoms with E-state index in [4.69, 9.17) is 4.74 Å². The molecule has 1 saturated carbocycles. The number of carbonyl (C=O) groups excluding carboxylic acids is 1. The van der Waals surface area contributed by atoms with Crippen LogP contribution in [0.25, 0.3) is 0 Å². The quantitative estimate of drug-likeness (QED) is 0.752. The molecule has 0 unspecified atom stereocenters. The molecule has 1 amide bonds. The van der Waals surface area contributed by atoms with Gasteiger partial charge in [-0.15, -0.1) is 0 Å². The number of amides is 1. The molecule has 30 heavy (non-hydrogen) atoms. The van der Waals surface area contributed by atoms with Crippen LogP contribution in [0, 0.1) is 17.8 Å². The third-order valence-corrected chi connectivity index (χ3v) is 7.06. The van der Waals surface area contributed by atoms with Crippen molar-refractivity contribution in [3.63, 3.8) is 0 Å². The molecule has 1 aliphatic heterocycles. The Bertz CT molecular complexity index is 820. The van der Waals surface area contributed by atoms with Crippen LogP contribution in [0.3, 0.4) is 0 Å². The summed E-state index contributed by atoms with van der Waals surface area (Å²) in [5.41, 5.74) is 2.62. The van der Waals surface area contributed by atoms with Gasteiger partial charge in [-0.3, -0.25) is 4.79 Å². The Balaban J connectivity index is 1.41. The lowest BCUT2D eigenvalue weighted by Crippen LogP contribution is -2.55. The lowest BCUT2D eigenvalue weighted by atomic mass is 9.69. The largest absolute Gasteiger partial charge is 0.497 e. The van der Waals surface area contributed by atoms with E-state index in [1.165, 1.54) is 11.1 Å². The van der Waals surface area contributed by atoms with Crippen molar-refractivity contribution < 1.29 is 14.6 Å². The Morgan fingerprint density at radius 2 is 1.77 bits per heavy atom. The van der Waals surface area contributed by atoms with Gasteiger partial charge >= 0.3 is 0 Å². The molecule has 1 saturated heterocycles. The van der Waals surface area contributed by atoms with Gasteiger partial charge < -0.3 is 14.7 Å². The summed E-state index contributed by atoms with van der Waals surface area (Å²) in [5.74, 6) is 1.95. The second-order valence-corrected chi connectivity index (χ2v) is 8.94. The number of ether oxygens (including phenoxy) is 1. The number of aliphatic hydroxyl groups excluding tert-OH is 1. The van der Waals surface area contributed by atoms with Crippen LogP contribution in [0.1, 0.15) is 36.8 Å². The van der Waals surface area contributed by atoms with Crippen molar-refractivity contribution in [1.82, 2.24) is 4.90 Å². The minimum Gasteiger partial charge on any atom is -0.497 e. The van der Waals surface area contributed by atoms with E-state index < -0.39 is 0 Å². The van der Waals surface area contributed by atoms with Gasteiger partial charge in [0.05, 0.1) is 19.6 Å². The second kappa shape index (κ2) is 9.65. The normalized spacial score (nSPS) is 26.3. The van der Waals surface area contributed by atoms with E-state index in [2.05, 4.69) is 41.3 Å². The zero-order chi connectivity index (χ0) is 20.9. The topological polar surface area (TPSA) is 49.8 Å². The highest BCUT2D eigenvalue weighted by molar-refractivity contribution is 5.80. The third kappa shape index (κ3) is 4.70. The predicted molar refractivity (Wildman–Crippen MR) is 118 cm³/mol. The molecular weight excluding hydrogens is 374 g/mol. The van der Waals surface area contributed by atoms with Crippen LogP contribution in [0.15, 0.2) is 54.6 Å². The highest BCUT2D eigenvalue weighted by Gasteiger charge is 2.43. The first kappa shape index (κ1) is 20.9. The molecule has 2 aromatic carbocycles. The van der Waals surface area contributed by atoms with Gasteiger partial charge in [-0.25, -0.2) is 0 Å². The highest BCUT2D eigenvalue weighted by Crippen LogP contribution is 2.41. The van der Waals surface area contributed by atoms with Crippen LogP contribution >= 0.6 is 0 Å². The van der Waals surface area contributed by atoms with Crippen molar-refractivity contribution in [3.8, 4) is 5.75 Å². The van der Waals surface area contributed by atoms with Gasteiger partial charge in [0.1, 0.15) is 5.75 Å². The first-order valence-corrected chi connectivity index (χ1v) is 11.3. The highest BCUT2D eigenvalue weighted by atomic mass is 16.5. The molecule has 1 N–H and O–H groups in total. The van der Waals surface area contributed by atoms with Gasteiger partial charge in [-0.05, 0) is 73.6 Å². The summed E-state index contributed by atoms with van der Waals surface area (Å²) in [5, 5.41) is 9.85. The summed E-state index contributed by atoms with van der Waals surface area (Å²) in [7, 11) is 1.70. The summed E-state index contributed by atoms with van der Waals surface area (Å²) in [6.07, 6.45) is 6.16. The Labute approximate surface area is 179 Å². The van der Waals surface area contributed by atoms with Gasteiger partial charge in [0.25, 0.3) is 0 Å². The number of likely N-dealkylation sites (tertiary alicyclic amines) is 1. The number of rotatable bonds is 7. The monoisotopic (exact) mass is 407 g/mol. The zero-order valence-corrected chi connectivity index (χ0v) is 17.9. The van der Waals surface area contributed by atoms with Crippen LogP contribution in [-0.4, -0.2) is 42.2 Å². The van der Waals surface area contributed by atoms with E-state index in [9.17, 15) is 9.90 Å². The third-order valence-electron chi connectivity index (χ3n) is 7.06. The van der Waals surface area contributed by atoms with E-state index in [0.717, 1.165) is 50.8 Å². The van der Waals surface area contributed by atoms with Gasteiger partial charge in [0.15, 0.2) is 0 Å². The minimum absolute atomic E-state index is 0.0347. The van der Waals surface area contributed by atoms with E-state index in [-0.39, 0.29) is 18.4 Å². The number of nitrogens with zero attached hydrogens (tertiary/aromatic N) is 1. The number of carbonyl (C=O) groups is 1. The molecule has 1 heterocycles. The molecular formula is C26H33NO3. The number of methoxy groups -OCH3 is 1. The minimum atomic E-state index is -0.234. The second-order valence-electron chi connectivity index (χ2n) is 8.94. The summed E-state index contributed by atoms with van der Waals surface area (Å²) in [6.45, 7) is 0.719. The molecule has 2 fully saturated rings. The van der Waals surface area contributed by atoms with Crippen LogP contribution in [0.2, 0.25) is 0 Å². The van der Waals surface area contributed by atoms with Crippen LogP contribution in [0.4, 0.5) is 0 Å². The van der Waals surface area contributed by atoms with Crippen molar-refractivity contribution >= 4 is 5.91 Å². The fraction of sp³-hybridized carbons (Fsp3) is 0.500. The molecule has 2 aliphatic rings. The van der Waals surface area contributed by atoms with E-state index >= 15 is 0 Å². The van der Waals surface area contributed by atoms with Crippen molar-refractivity contribution in [3.05, 3.63) is 65.7 Å². The van der Waals surface area contributed by atoms with Crippen LogP contribution in [-0.2, 0) is 17.6 Å². The Morgan fingerprint density at radius 1 is 1.00 bits per heavy atom. The Kier molecular flexibility index (Phi) is 6.73. The predicted octanol–water partition coefficient (Wildman–Crippen LogP) is 4.11. The number of piperidine rings is 1. The smallest absolute Gasteiger partial charge is 0.228 e. The molecule has 4 atom stereocenters. The van der Waals surface area contributed by atoms with Gasteiger partial charge in [0, 0.05) is 12.6 Å². The Morgan fingerprint density at radius 3 is 2.47 bits per heavy atom. The van der Waals surface area contributed by atoms with Crippen molar-refractivity contribution in [2.24, 2.45) is 17.8 Å². The van der Waals surface area contributed by atoms with E-state index in [0.29, 0.717) is 17.9 Å². The molecule has 4 nitrogen and oxygen atoms in total. The molecule has 2 aromatic rings. The van der Waals surface area contributed by atoms with Gasteiger partial charge in [0.2, 0.25) is 5.91 Å². The molecule has 0 spiro atoms. The standard InChI is InChI=1S/C26H33NO3/c1-30-24-10-7-20(8-11-24)15-21-9-12-25-22(16-21)17-23(18-28)26(29)27(25)14-13-19-5-3-2-4-6-19/h2-8,10-11,21-23,25,28H,9,12-18H2,1H3/t21-,22+,23+,25+/m0/s1. The lowest BCUT2D eigenvalue weighted by molar-refractivity contribution is -0.148. The fourth-order valence-corrected chi connectivity index (χ4v) is 5.48. The van der Waals surface area contributed by atoms with Crippen molar-refractivity contribution in [2.45, 2.75) is 44.6 Å². The summed E-state index contributed by atoms with van der Waals surface area (Å²) in [6, 6.07) is 19.1. The average molecular weight is 408 g/mol. The zero-order valence-electron chi connectivity index (χ0n) is 17.9. The number of hydrogen-bond acceptors (Lipinski definition) is 3. The fourth-order valence-electron chi connectivity index (χ4n) is 5.48. The number of aliphatic hydroxyl groups is 1. The molecule has 0 radical (unpaired) electrons. The van der Waals surface area contributed by atoms with Crippen LogP contribution < -0.4 is 4.74 Å². The number of fused-ring (bicyclic) bond motifs is 1. The van der Waals surface area contributed by atoms with Crippen molar-refractivity contribution in [1.29, 1.82) is 0 Å². The summed E-state index contributed by atoms with van der Waals surface area (Å²) >= 11 is 0. The SMILES string of the molecule is COc1ccc(C[C@@H]2CC[C@@H]3[C@H](C2)C[C@H](CO)C(=O)N3CCc2ccccc2)cc1. The lowest BCUT2D eigenvalue weighted by Gasteiger charge is -2.48. The number of hydrogen-bond donors (Lipinski definition) is 1. The van der Waals surface area contributed by atoms with Gasteiger partial charge in [-0.2, -0.15) is 0 Å².